The molecule has 0 heterocycles. The average molecular weight is 251 g/mol. The summed E-state index contributed by atoms with van der Waals surface area (Å²) < 4.78 is 6.01. The minimum absolute atomic E-state index is 0.376. The fourth-order valence-electron chi connectivity index (χ4n) is 0.986. The van der Waals surface area contributed by atoms with Crippen LogP contribution in [0.2, 0.25) is 5.02 Å². The van der Waals surface area contributed by atoms with Crippen molar-refractivity contribution in [2.45, 2.75) is 6.54 Å². The van der Waals surface area contributed by atoms with Gasteiger partial charge in [0.05, 0.1) is 11.6 Å². The smallest absolute Gasteiger partial charge is 0.139 e. The summed E-state index contributed by atoms with van der Waals surface area (Å²) in [6.07, 6.45) is 0. The first-order chi connectivity index (χ1) is 5.70. The van der Waals surface area contributed by atoms with Crippen molar-refractivity contribution in [1.82, 2.24) is 0 Å². The lowest BCUT2D eigenvalue weighted by molar-refractivity contribution is 0.407. The van der Waals surface area contributed by atoms with Crippen molar-refractivity contribution >= 4 is 27.5 Å². The molecule has 0 aliphatic carbocycles. The quantitative estimate of drug-likeness (QED) is 0.875. The van der Waals surface area contributed by atoms with E-state index >= 15 is 0 Å². The van der Waals surface area contributed by atoms with E-state index in [4.69, 9.17) is 22.1 Å². The zero-order valence-electron chi connectivity index (χ0n) is 6.60. The van der Waals surface area contributed by atoms with Crippen LogP contribution in [-0.4, -0.2) is 7.11 Å². The Hall–Kier alpha value is -0.250. The molecule has 0 fully saturated rings. The van der Waals surface area contributed by atoms with Gasteiger partial charge in [-0.2, -0.15) is 0 Å². The summed E-state index contributed by atoms with van der Waals surface area (Å²) in [5, 5.41) is 0.637. The zero-order chi connectivity index (χ0) is 9.14. The van der Waals surface area contributed by atoms with E-state index < -0.39 is 0 Å². The molecule has 0 radical (unpaired) electrons. The van der Waals surface area contributed by atoms with E-state index in [0.29, 0.717) is 17.3 Å². The van der Waals surface area contributed by atoms with E-state index in [1.807, 2.05) is 6.07 Å². The van der Waals surface area contributed by atoms with Gasteiger partial charge in [-0.25, -0.2) is 0 Å². The Bertz CT molecular complexity index is 262. The number of methoxy groups -OCH3 is 1. The fraction of sp³-hybridized carbons (Fsp3) is 0.250. The molecule has 1 rings (SSSR count). The Labute approximate surface area is 84.8 Å². The fourth-order valence-corrected chi connectivity index (χ4v) is 1.75. The highest BCUT2D eigenvalue weighted by Gasteiger charge is 2.09. The predicted molar refractivity (Wildman–Crippen MR) is 53.6 cm³/mol. The third-order valence-corrected chi connectivity index (χ3v) is 2.54. The Kier molecular flexibility index (Phi) is 3.38. The number of ether oxygens (including phenoxy) is 1. The van der Waals surface area contributed by atoms with E-state index in [-0.39, 0.29) is 0 Å². The van der Waals surface area contributed by atoms with Crippen molar-refractivity contribution in [3.05, 3.63) is 27.2 Å². The molecular formula is C8H9BrClNO. The maximum Gasteiger partial charge on any atom is 0.139 e. The second kappa shape index (κ2) is 4.12. The molecule has 0 saturated heterocycles. The zero-order valence-corrected chi connectivity index (χ0v) is 8.95. The van der Waals surface area contributed by atoms with Crippen LogP contribution >= 0.6 is 27.5 Å². The SMILES string of the molecule is COc1c(Br)ccc(Cl)c1CN. The van der Waals surface area contributed by atoms with Gasteiger partial charge in [0.15, 0.2) is 0 Å². The van der Waals surface area contributed by atoms with Gasteiger partial charge in [0.1, 0.15) is 5.75 Å². The minimum Gasteiger partial charge on any atom is -0.495 e. The molecule has 66 valence electrons. The number of hydrogen-bond acceptors (Lipinski definition) is 2. The molecule has 12 heavy (non-hydrogen) atoms. The van der Waals surface area contributed by atoms with Gasteiger partial charge < -0.3 is 10.5 Å². The summed E-state index contributed by atoms with van der Waals surface area (Å²) in [7, 11) is 1.59. The largest absolute Gasteiger partial charge is 0.495 e. The lowest BCUT2D eigenvalue weighted by Crippen LogP contribution is -2.01. The van der Waals surface area contributed by atoms with Crippen LogP contribution in [0.25, 0.3) is 0 Å². The summed E-state index contributed by atoms with van der Waals surface area (Å²) in [6.45, 7) is 0.376. The van der Waals surface area contributed by atoms with E-state index in [2.05, 4.69) is 15.9 Å². The maximum atomic E-state index is 5.90. The van der Waals surface area contributed by atoms with Gasteiger partial charge in [-0.05, 0) is 28.1 Å². The highest BCUT2D eigenvalue weighted by molar-refractivity contribution is 9.10. The van der Waals surface area contributed by atoms with Crippen molar-refractivity contribution < 1.29 is 4.74 Å². The summed E-state index contributed by atoms with van der Waals surface area (Å²) >= 11 is 9.24. The van der Waals surface area contributed by atoms with Gasteiger partial charge in [0.2, 0.25) is 0 Å². The standard InChI is InChI=1S/C8H9BrClNO/c1-12-8-5(4-11)7(10)3-2-6(8)9/h2-3H,4,11H2,1H3. The maximum absolute atomic E-state index is 5.90. The molecule has 0 atom stereocenters. The number of halogens is 2. The third kappa shape index (κ3) is 1.73. The van der Waals surface area contributed by atoms with Crippen molar-refractivity contribution in [3.63, 3.8) is 0 Å². The number of benzene rings is 1. The molecule has 1 aromatic rings. The van der Waals surface area contributed by atoms with Crippen LogP contribution in [-0.2, 0) is 6.54 Å². The lowest BCUT2D eigenvalue weighted by Gasteiger charge is -2.09. The van der Waals surface area contributed by atoms with Gasteiger partial charge in [-0.1, -0.05) is 11.6 Å². The topological polar surface area (TPSA) is 35.2 Å². The summed E-state index contributed by atoms with van der Waals surface area (Å²) in [4.78, 5) is 0. The average Bonchev–Trinajstić information content (AvgIpc) is 2.08. The Morgan fingerprint density at radius 3 is 2.67 bits per heavy atom. The van der Waals surface area contributed by atoms with Gasteiger partial charge in [-0.15, -0.1) is 0 Å². The van der Waals surface area contributed by atoms with Crippen LogP contribution in [0.1, 0.15) is 5.56 Å². The van der Waals surface area contributed by atoms with Crippen molar-refractivity contribution in [2.75, 3.05) is 7.11 Å². The predicted octanol–water partition coefficient (Wildman–Crippen LogP) is 2.57. The molecule has 0 saturated carbocycles. The van der Waals surface area contributed by atoms with E-state index in [9.17, 15) is 0 Å². The second-order valence-corrected chi connectivity index (χ2v) is 3.51. The van der Waals surface area contributed by atoms with Crippen LogP contribution < -0.4 is 10.5 Å². The van der Waals surface area contributed by atoms with Crippen LogP contribution in [0.15, 0.2) is 16.6 Å². The highest BCUT2D eigenvalue weighted by Crippen LogP contribution is 2.33. The second-order valence-electron chi connectivity index (χ2n) is 2.25. The third-order valence-electron chi connectivity index (χ3n) is 1.56. The van der Waals surface area contributed by atoms with E-state index in [1.165, 1.54) is 0 Å². The van der Waals surface area contributed by atoms with Crippen LogP contribution in [0.4, 0.5) is 0 Å². The molecule has 0 unspecified atom stereocenters. The van der Waals surface area contributed by atoms with E-state index in [1.54, 1.807) is 13.2 Å². The monoisotopic (exact) mass is 249 g/mol. The summed E-state index contributed by atoms with van der Waals surface area (Å²) in [6, 6.07) is 3.62. The minimum atomic E-state index is 0.376. The highest BCUT2D eigenvalue weighted by atomic mass is 79.9. The molecule has 2 nitrogen and oxygen atoms in total. The first-order valence-corrected chi connectivity index (χ1v) is 4.58. The molecule has 1 aromatic carbocycles. The van der Waals surface area contributed by atoms with Crippen LogP contribution in [0.3, 0.4) is 0 Å². The first kappa shape index (κ1) is 9.84. The molecule has 0 aromatic heterocycles. The number of rotatable bonds is 2. The Morgan fingerprint density at radius 2 is 2.25 bits per heavy atom. The first-order valence-electron chi connectivity index (χ1n) is 3.41. The number of nitrogens with two attached hydrogens (primary N) is 1. The molecule has 2 N–H and O–H groups in total. The summed E-state index contributed by atoms with van der Waals surface area (Å²) in [5.41, 5.74) is 6.34. The molecule has 0 bridgehead atoms. The molecule has 0 aliphatic heterocycles. The van der Waals surface area contributed by atoms with Gasteiger partial charge in [0.25, 0.3) is 0 Å². The molecule has 0 spiro atoms. The lowest BCUT2D eigenvalue weighted by atomic mass is 10.2. The molecule has 0 amide bonds. The van der Waals surface area contributed by atoms with Crippen LogP contribution in [0, 0.1) is 0 Å². The normalized spacial score (nSPS) is 10.0. The van der Waals surface area contributed by atoms with Gasteiger partial charge in [0, 0.05) is 17.1 Å². The van der Waals surface area contributed by atoms with Gasteiger partial charge >= 0.3 is 0 Å². The van der Waals surface area contributed by atoms with Crippen LogP contribution in [0.5, 0.6) is 5.75 Å². The Balaban J connectivity index is 3.28. The molecule has 0 aliphatic rings. The Morgan fingerprint density at radius 1 is 1.58 bits per heavy atom. The summed E-state index contributed by atoms with van der Waals surface area (Å²) in [5.74, 6) is 0.713. The van der Waals surface area contributed by atoms with Crippen molar-refractivity contribution in [1.29, 1.82) is 0 Å². The van der Waals surface area contributed by atoms with Crippen molar-refractivity contribution in [2.24, 2.45) is 5.73 Å². The van der Waals surface area contributed by atoms with Crippen molar-refractivity contribution in [3.8, 4) is 5.75 Å². The molecular weight excluding hydrogens is 241 g/mol. The number of hydrogen-bond donors (Lipinski definition) is 1. The van der Waals surface area contributed by atoms with E-state index in [0.717, 1.165) is 10.0 Å². The molecule has 4 heteroatoms. The van der Waals surface area contributed by atoms with Gasteiger partial charge in [-0.3, -0.25) is 0 Å².